The van der Waals surface area contributed by atoms with E-state index in [4.69, 9.17) is 18.5 Å². The predicted octanol–water partition coefficient (Wildman–Crippen LogP) is 14.9. The minimum absolute atomic E-state index is 0.159. The quantitative estimate of drug-likeness (QED) is 0.00958. The average Bonchev–Trinajstić information content (AvgIpc) is 3.51. The van der Waals surface area contributed by atoms with Gasteiger partial charge in [0.15, 0.2) is 0 Å². The van der Waals surface area contributed by atoms with Crippen molar-refractivity contribution in [3.05, 3.63) is 83.1 Å². The molecule has 1 aliphatic carbocycles. The zero-order valence-corrected chi connectivity index (χ0v) is 54.7. The third kappa shape index (κ3) is 46.9. The topological polar surface area (TPSA) is 225 Å². The number of hydrogen-bond donors (Lipinski definition) is 5. The van der Waals surface area contributed by atoms with Gasteiger partial charge in [-0.05, 0) is 121 Å². The van der Waals surface area contributed by atoms with E-state index >= 15 is 0 Å². The summed E-state index contributed by atoms with van der Waals surface area (Å²) in [4.78, 5) is 85.3. The van der Waals surface area contributed by atoms with Gasteiger partial charge in [-0.25, -0.2) is 4.57 Å². The van der Waals surface area contributed by atoms with Crippen molar-refractivity contribution in [3.8, 4) is 0 Å². The summed E-state index contributed by atoms with van der Waals surface area (Å²) in [7, 11) is -4.67. The van der Waals surface area contributed by atoms with Crippen LogP contribution in [-0.4, -0.2) is 93.1 Å². The third-order valence-electron chi connectivity index (χ3n) is 14.8. The molecule has 1 unspecified atom stereocenters. The van der Waals surface area contributed by atoms with Crippen LogP contribution in [0.15, 0.2) is 83.1 Å². The summed E-state index contributed by atoms with van der Waals surface area (Å²) in [5.74, 6) is -3.97. The number of nitrogens with one attached hydrogen (secondary N) is 4. The molecule has 1 aliphatic rings. The first-order valence-corrected chi connectivity index (χ1v) is 34.1. The number of hydrogen-bond acceptors (Lipinski definition) is 11. The molecule has 0 heterocycles. The summed E-state index contributed by atoms with van der Waals surface area (Å²) >= 11 is 0. The van der Waals surface area contributed by atoms with E-state index in [1.54, 1.807) is 13.0 Å². The Labute approximate surface area is 513 Å². The van der Waals surface area contributed by atoms with Gasteiger partial charge in [-0.15, -0.1) is 0 Å². The Morgan fingerprint density at radius 3 is 1.51 bits per heavy atom. The van der Waals surface area contributed by atoms with Gasteiger partial charge in [0.25, 0.3) is 0 Å². The number of unbranched alkanes of at least 4 members (excludes halogenated alkanes) is 22. The second kappa shape index (κ2) is 51.2. The number of carbonyl (C=O) groups excluding carboxylic acids is 6. The lowest BCUT2D eigenvalue weighted by Gasteiger charge is -2.32. The second-order valence-corrected chi connectivity index (χ2v) is 25.0. The Kier molecular flexibility index (Phi) is 47.0. The maximum atomic E-state index is 12.8. The number of allylic oxidation sites excluding steroid dienone is 13. The number of ether oxygens (including phenoxy) is 2. The predicted molar refractivity (Wildman–Crippen MR) is 344 cm³/mol. The summed E-state index contributed by atoms with van der Waals surface area (Å²) in [6.45, 7) is 12.3. The molecule has 0 fully saturated rings. The van der Waals surface area contributed by atoms with E-state index in [1.807, 2.05) is 19.1 Å². The molecule has 5 N–H and O–H groups in total. The molecular formula is C68H115N4O12P. The molecule has 0 aromatic carbocycles. The lowest BCUT2D eigenvalue weighted by Crippen LogP contribution is -2.44. The van der Waals surface area contributed by atoms with Gasteiger partial charge in [0.05, 0.1) is 52.0 Å². The van der Waals surface area contributed by atoms with Crippen molar-refractivity contribution in [2.24, 2.45) is 11.3 Å². The van der Waals surface area contributed by atoms with E-state index in [-0.39, 0.29) is 44.6 Å². The Balaban J connectivity index is 2.48. The molecule has 0 radical (unpaired) electrons. The lowest BCUT2D eigenvalue weighted by molar-refractivity contribution is -0.150. The molecular weight excluding hydrogens is 1100 g/mol. The van der Waals surface area contributed by atoms with Crippen LogP contribution < -0.4 is 21.3 Å². The first-order chi connectivity index (χ1) is 40.9. The van der Waals surface area contributed by atoms with Crippen LogP contribution in [0.1, 0.15) is 248 Å². The molecule has 0 spiro atoms. The highest BCUT2D eigenvalue weighted by molar-refractivity contribution is 7.47. The number of rotatable bonds is 52. The highest BCUT2D eigenvalue weighted by Crippen LogP contribution is 2.43. The van der Waals surface area contributed by atoms with Crippen molar-refractivity contribution in [1.29, 1.82) is 0 Å². The molecule has 0 saturated heterocycles. The monoisotopic (exact) mass is 1210 g/mol. The fourth-order valence-corrected chi connectivity index (χ4v) is 10.4. The first kappa shape index (κ1) is 78.1. The van der Waals surface area contributed by atoms with Crippen LogP contribution in [0.4, 0.5) is 0 Å². The van der Waals surface area contributed by atoms with Crippen LogP contribution in [0.3, 0.4) is 0 Å². The van der Waals surface area contributed by atoms with Crippen LogP contribution in [-0.2, 0) is 51.9 Å². The number of carbonyl (C=O) groups is 6. The Morgan fingerprint density at radius 1 is 0.576 bits per heavy atom. The van der Waals surface area contributed by atoms with Crippen LogP contribution in [0.2, 0.25) is 0 Å². The van der Waals surface area contributed by atoms with E-state index in [9.17, 15) is 38.2 Å². The van der Waals surface area contributed by atoms with Gasteiger partial charge >= 0.3 is 19.8 Å². The van der Waals surface area contributed by atoms with Gasteiger partial charge in [0.1, 0.15) is 0 Å². The fraction of sp³-hybridized carbons (Fsp3) is 0.706. The van der Waals surface area contributed by atoms with E-state index in [0.29, 0.717) is 18.4 Å². The lowest BCUT2D eigenvalue weighted by atomic mass is 9.72. The fourth-order valence-electron chi connectivity index (χ4n) is 9.63. The molecule has 0 aromatic heterocycles. The maximum Gasteiger partial charge on any atom is 0.472 e. The summed E-state index contributed by atoms with van der Waals surface area (Å²) in [6, 6.07) is 0. The smallest absolute Gasteiger partial charge is 0.465 e. The molecule has 1 atom stereocenters. The summed E-state index contributed by atoms with van der Waals surface area (Å²) < 4.78 is 34.1. The minimum atomic E-state index is -4.67. The van der Waals surface area contributed by atoms with E-state index in [0.717, 1.165) is 89.0 Å². The van der Waals surface area contributed by atoms with Crippen molar-refractivity contribution in [2.75, 3.05) is 52.6 Å². The molecule has 0 saturated carbocycles. The van der Waals surface area contributed by atoms with E-state index in [2.05, 4.69) is 92.3 Å². The summed E-state index contributed by atoms with van der Waals surface area (Å²) in [6.07, 6.45) is 54.1. The first-order valence-electron chi connectivity index (χ1n) is 32.6. The van der Waals surface area contributed by atoms with Gasteiger partial charge < -0.3 is 35.6 Å². The number of phosphoric acid groups is 1. The summed E-state index contributed by atoms with van der Waals surface area (Å²) in [5.41, 5.74) is 4.72. The molecule has 85 heavy (non-hydrogen) atoms. The van der Waals surface area contributed by atoms with Gasteiger partial charge in [-0.3, -0.25) is 37.8 Å². The maximum absolute atomic E-state index is 12.8. The van der Waals surface area contributed by atoms with Crippen LogP contribution >= 0.6 is 7.82 Å². The molecule has 0 aromatic rings. The third-order valence-corrected chi connectivity index (χ3v) is 15.8. The molecule has 484 valence electrons. The second-order valence-electron chi connectivity index (χ2n) is 23.5. The van der Waals surface area contributed by atoms with Crippen molar-refractivity contribution < 1.29 is 56.7 Å². The van der Waals surface area contributed by atoms with Gasteiger partial charge in [0, 0.05) is 25.5 Å². The zero-order chi connectivity index (χ0) is 62.7. The molecule has 16 nitrogen and oxygen atoms in total. The van der Waals surface area contributed by atoms with Gasteiger partial charge in [-0.2, -0.15) is 0 Å². The number of esters is 2. The van der Waals surface area contributed by atoms with Crippen molar-refractivity contribution in [1.82, 2.24) is 21.3 Å². The average molecular weight is 1210 g/mol. The van der Waals surface area contributed by atoms with Crippen molar-refractivity contribution >= 4 is 43.4 Å². The molecule has 0 bridgehead atoms. The molecule has 4 amide bonds. The standard InChI is InChI=1S/C68H115N4O12P/c1-8-10-12-14-16-18-20-22-24-26-28-30-32-34-36-43-66(77)81-54-60(55-82-67(78)44-37-35-33-31-29-27-25-23-21-19-17-15-13-11-9-2)56-84-85(79,80)83-49-48-69-63(74)51-71-65(76)53-72-64(75)52-70-62(73)50-58(4)41-38-40-57(3)45-46-61-59(5)42-39-47-68(61,6)7/h22-25,38,40-41,45-46,50,60H,8-21,26-37,39,42-44,47-49,51-56H2,1-7H3,(H,69,74)(H,70,73)(H,71,76)(H,72,75)(H,79,80)/b24-22-,25-23-,41-38+,46-45+,57-40+,58-50+. The van der Waals surface area contributed by atoms with Crippen LogP contribution in [0.25, 0.3) is 0 Å². The van der Waals surface area contributed by atoms with Gasteiger partial charge in [-0.1, -0.05) is 196 Å². The van der Waals surface area contributed by atoms with Gasteiger partial charge in [0.2, 0.25) is 23.6 Å². The number of amides is 4. The highest BCUT2D eigenvalue weighted by atomic mass is 31.2. The van der Waals surface area contributed by atoms with Crippen LogP contribution in [0.5, 0.6) is 0 Å². The molecule has 0 aliphatic heterocycles. The largest absolute Gasteiger partial charge is 0.472 e. The molecule has 17 heteroatoms. The Hall–Kier alpha value is -4.89. The van der Waals surface area contributed by atoms with Crippen LogP contribution in [0, 0.1) is 11.3 Å². The number of phosphoric ester groups is 1. The van der Waals surface area contributed by atoms with E-state index < -0.39 is 75.6 Å². The Morgan fingerprint density at radius 2 is 1.02 bits per heavy atom. The van der Waals surface area contributed by atoms with Crippen molar-refractivity contribution in [2.45, 2.75) is 248 Å². The summed E-state index contributed by atoms with van der Waals surface area (Å²) in [5, 5.41) is 9.67. The highest BCUT2D eigenvalue weighted by Gasteiger charge is 2.27. The van der Waals surface area contributed by atoms with E-state index in [1.165, 1.54) is 107 Å². The minimum Gasteiger partial charge on any atom is -0.465 e. The van der Waals surface area contributed by atoms with Crippen molar-refractivity contribution in [3.63, 3.8) is 0 Å². The SMILES string of the molecule is CCCCCCCC/C=C\CCCCCCCC(=O)OCC(COC(=O)CCCCCCC/C=C\CCCCCCCC)COP(=O)(O)OCCNC(=O)CNC(=O)CNC(=O)CNC(=O)/C=C(C)/C=C/C=C(C)/C=C/C1=C(C)CCCC1(C)C. The normalized spacial score (nSPS) is 14.6. The molecule has 1 rings (SSSR count). The zero-order valence-electron chi connectivity index (χ0n) is 53.8. The Bertz CT molecular complexity index is 2110.